The molecule has 4 aliphatic carbocycles. The maximum absolute atomic E-state index is 13.9. The Bertz CT molecular complexity index is 754. The van der Waals surface area contributed by atoms with E-state index in [1.807, 2.05) is 0 Å². The molecule has 1 aliphatic heterocycles. The van der Waals surface area contributed by atoms with Gasteiger partial charge in [0.2, 0.25) is 0 Å². The van der Waals surface area contributed by atoms with Crippen molar-refractivity contribution in [2.45, 2.75) is 125 Å². The van der Waals surface area contributed by atoms with Gasteiger partial charge in [-0.2, -0.15) is 0 Å². The number of hydrogen-bond acceptors (Lipinski definition) is 2. The number of carbonyl (C=O) groups is 1. The largest absolute Gasteiger partial charge is 0.462 e. The molecular formula is C30H50O2. The predicted octanol–water partition coefficient (Wildman–Crippen LogP) is 8.04. The Morgan fingerprint density at radius 1 is 0.969 bits per heavy atom. The maximum Gasteiger partial charge on any atom is 0.313 e. The summed E-state index contributed by atoms with van der Waals surface area (Å²) in [6.07, 6.45) is 14.4. The number of carbonyl (C=O) groups excluding carboxylic acids is 1. The standard InChI is InChI=1S/C30H50O2/c1-19(2)10-8-11-20(3)21-14-17-29(7)22-12-13-24-27(4,5)15-9-16-28(24,6)25(22)23-18-30(21,29)26(31)32-23/h19-25H,8-18H2,1-7H3. The second-order valence-electron chi connectivity index (χ2n) is 14.6. The minimum Gasteiger partial charge on any atom is -0.462 e. The number of esters is 1. The first kappa shape index (κ1) is 23.2. The molecule has 5 rings (SSSR count). The number of rotatable bonds is 5. The lowest BCUT2D eigenvalue weighted by molar-refractivity contribution is -0.183. The monoisotopic (exact) mass is 442 g/mol. The molecule has 0 aromatic rings. The molecule has 0 aromatic heterocycles. The molecule has 2 nitrogen and oxygen atoms in total. The van der Waals surface area contributed by atoms with E-state index in [0.717, 1.165) is 18.3 Å². The van der Waals surface area contributed by atoms with Gasteiger partial charge in [0.1, 0.15) is 6.10 Å². The van der Waals surface area contributed by atoms with Crippen LogP contribution in [0.4, 0.5) is 0 Å². The van der Waals surface area contributed by atoms with Crippen molar-refractivity contribution in [3.63, 3.8) is 0 Å². The summed E-state index contributed by atoms with van der Waals surface area (Å²) in [5.41, 5.74) is 0.729. The van der Waals surface area contributed by atoms with Gasteiger partial charge in [-0.15, -0.1) is 0 Å². The topological polar surface area (TPSA) is 26.3 Å². The van der Waals surface area contributed by atoms with Crippen molar-refractivity contribution in [2.24, 2.45) is 57.2 Å². The van der Waals surface area contributed by atoms with Crippen LogP contribution in [0.1, 0.15) is 119 Å². The van der Waals surface area contributed by atoms with Crippen molar-refractivity contribution in [3.8, 4) is 0 Å². The van der Waals surface area contributed by atoms with Crippen LogP contribution in [0.2, 0.25) is 0 Å². The van der Waals surface area contributed by atoms with E-state index in [2.05, 4.69) is 48.5 Å². The summed E-state index contributed by atoms with van der Waals surface area (Å²) < 4.78 is 6.49. The van der Waals surface area contributed by atoms with E-state index in [-0.39, 0.29) is 22.9 Å². The van der Waals surface area contributed by atoms with Crippen molar-refractivity contribution in [1.82, 2.24) is 0 Å². The molecule has 0 amide bonds. The summed E-state index contributed by atoms with van der Waals surface area (Å²) in [4.78, 5) is 13.9. The molecule has 1 saturated heterocycles. The molecular weight excluding hydrogens is 392 g/mol. The lowest BCUT2D eigenvalue weighted by Crippen LogP contribution is -2.62. The highest BCUT2D eigenvalue weighted by molar-refractivity contribution is 5.82. The van der Waals surface area contributed by atoms with Crippen molar-refractivity contribution >= 4 is 5.97 Å². The van der Waals surface area contributed by atoms with E-state index in [0.29, 0.717) is 34.5 Å². The second kappa shape index (κ2) is 7.48. The Hall–Kier alpha value is -0.530. The van der Waals surface area contributed by atoms with Crippen LogP contribution in [0.5, 0.6) is 0 Å². The van der Waals surface area contributed by atoms with E-state index in [9.17, 15) is 4.79 Å². The minimum absolute atomic E-state index is 0.147. The molecule has 0 aromatic carbocycles. The first-order chi connectivity index (χ1) is 15.0. The molecule has 9 atom stereocenters. The molecule has 1 spiro atoms. The van der Waals surface area contributed by atoms with Gasteiger partial charge in [-0.05, 0) is 84.4 Å². The molecule has 0 N–H and O–H groups in total. The van der Waals surface area contributed by atoms with Gasteiger partial charge in [-0.25, -0.2) is 0 Å². The van der Waals surface area contributed by atoms with Crippen LogP contribution in [-0.2, 0) is 9.53 Å². The first-order valence-electron chi connectivity index (χ1n) is 14.2. The van der Waals surface area contributed by atoms with E-state index < -0.39 is 0 Å². The SMILES string of the molecule is CC(C)CCCC(C)C1CCC2(C)C3CCC4C(C)(C)CCCC4(C)C3C3CC12C(=O)O3. The van der Waals surface area contributed by atoms with E-state index in [1.165, 1.54) is 64.2 Å². The lowest BCUT2D eigenvalue weighted by atomic mass is 9.38. The summed E-state index contributed by atoms with van der Waals surface area (Å²) >= 11 is 0. The summed E-state index contributed by atoms with van der Waals surface area (Å²) in [6.45, 7) is 17.3. The quantitative estimate of drug-likeness (QED) is 0.403. The Morgan fingerprint density at radius 2 is 1.72 bits per heavy atom. The summed E-state index contributed by atoms with van der Waals surface area (Å²) in [5.74, 6) is 4.21. The molecule has 9 unspecified atom stereocenters. The summed E-state index contributed by atoms with van der Waals surface area (Å²) in [7, 11) is 0. The molecule has 5 aliphatic rings. The third kappa shape index (κ3) is 2.92. The molecule has 1 heterocycles. The van der Waals surface area contributed by atoms with Crippen molar-refractivity contribution in [3.05, 3.63) is 0 Å². The smallest absolute Gasteiger partial charge is 0.313 e. The van der Waals surface area contributed by atoms with Crippen LogP contribution in [0.3, 0.4) is 0 Å². The summed E-state index contributed by atoms with van der Waals surface area (Å²) in [5, 5.41) is 0. The zero-order valence-electron chi connectivity index (χ0n) is 22.1. The van der Waals surface area contributed by atoms with Gasteiger partial charge < -0.3 is 4.74 Å². The van der Waals surface area contributed by atoms with Crippen LogP contribution in [0.15, 0.2) is 0 Å². The van der Waals surface area contributed by atoms with Crippen molar-refractivity contribution in [2.75, 3.05) is 0 Å². The molecule has 182 valence electrons. The fraction of sp³-hybridized carbons (Fsp3) is 0.967. The Kier molecular flexibility index (Phi) is 5.43. The number of ether oxygens (including phenoxy) is 1. The highest BCUT2D eigenvalue weighted by Crippen LogP contribution is 2.77. The number of fused-ring (bicyclic) bond motifs is 6. The molecule has 5 fully saturated rings. The van der Waals surface area contributed by atoms with Crippen LogP contribution >= 0.6 is 0 Å². The molecule has 2 bridgehead atoms. The van der Waals surface area contributed by atoms with Gasteiger partial charge in [0.05, 0.1) is 5.41 Å². The average molecular weight is 443 g/mol. The first-order valence-corrected chi connectivity index (χ1v) is 14.2. The fourth-order valence-electron chi connectivity index (χ4n) is 11.0. The van der Waals surface area contributed by atoms with E-state index in [1.54, 1.807) is 0 Å². The van der Waals surface area contributed by atoms with Gasteiger partial charge in [-0.1, -0.05) is 74.1 Å². The van der Waals surface area contributed by atoms with Crippen LogP contribution in [0.25, 0.3) is 0 Å². The highest BCUT2D eigenvalue weighted by atomic mass is 16.6. The fourth-order valence-corrected chi connectivity index (χ4v) is 11.0. The summed E-state index contributed by atoms with van der Waals surface area (Å²) in [6, 6.07) is 0. The minimum atomic E-state index is -0.191. The number of hydrogen-bond donors (Lipinski definition) is 0. The lowest BCUT2D eigenvalue weighted by Gasteiger charge is -2.65. The zero-order chi connectivity index (χ0) is 23.1. The normalized spacial score (nSPS) is 49.9. The van der Waals surface area contributed by atoms with Gasteiger partial charge in [0, 0.05) is 12.3 Å². The van der Waals surface area contributed by atoms with Gasteiger partial charge in [-0.3, -0.25) is 4.79 Å². The van der Waals surface area contributed by atoms with Crippen LogP contribution < -0.4 is 0 Å². The van der Waals surface area contributed by atoms with Gasteiger partial charge in [0.15, 0.2) is 0 Å². The van der Waals surface area contributed by atoms with E-state index >= 15 is 0 Å². The second-order valence-corrected chi connectivity index (χ2v) is 14.6. The van der Waals surface area contributed by atoms with Crippen molar-refractivity contribution in [1.29, 1.82) is 0 Å². The van der Waals surface area contributed by atoms with Gasteiger partial charge in [0.25, 0.3) is 0 Å². The average Bonchev–Trinajstić information content (AvgIpc) is 3.17. The molecule has 0 radical (unpaired) electrons. The zero-order valence-corrected chi connectivity index (χ0v) is 22.1. The molecule has 4 saturated carbocycles. The highest BCUT2D eigenvalue weighted by Gasteiger charge is 2.77. The maximum atomic E-state index is 13.9. The van der Waals surface area contributed by atoms with Crippen LogP contribution in [0, 0.1) is 57.2 Å². The Morgan fingerprint density at radius 3 is 2.44 bits per heavy atom. The third-order valence-corrected chi connectivity index (χ3v) is 12.4. The van der Waals surface area contributed by atoms with Crippen LogP contribution in [-0.4, -0.2) is 12.1 Å². The van der Waals surface area contributed by atoms with Gasteiger partial charge >= 0.3 is 5.97 Å². The Labute approximate surface area is 198 Å². The predicted molar refractivity (Wildman–Crippen MR) is 131 cm³/mol. The molecule has 32 heavy (non-hydrogen) atoms. The third-order valence-electron chi connectivity index (χ3n) is 12.4. The molecule has 2 heteroatoms. The Balaban J connectivity index is 1.47. The van der Waals surface area contributed by atoms with Crippen molar-refractivity contribution < 1.29 is 9.53 Å². The van der Waals surface area contributed by atoms with E-state index in [4.69, 9.17) is 4.74 Å².